The van der Waals surface area contributed by atoms with E-state index >= 15 is 0 Å². The lowest BCUT2D eigenvalue weighted by atomic mass is 9.92. The average Bonchev–Trinajstić information content (AvgIpc) is 2.66. The molecule has 0 heterocycles. The maximum Gasteiger partial charge on any atom is 0.264 e. The van der Waals surface area contributed by atoms with E-state index in [9.17, 15) is 13.2 Å². The predicted molar refractivity (Wildman–Crippen MR) is 111 cm³/mol. The van der Waals surface area contributed by atoms with E-state index < -0.39 is 10.0 Å². The maximum atomic E-state index is 12.9. The molecule has 6 nitrogen and oxygen atoms in total. The summed E-state index contributed by atoms with van der Waals surface area (Å²) in [7, 11) is -1.26. The molecule has 1 amide bonds. The van der Waals surface area contributed by atoms with Crippen molar-refractivity contribution >= 4 is 21.6 Å². The first-order valence-corrected chi connectivity index (χ1v) is 10.6. The molecule has 2 aromatic carbocycles. The molecule has 0 bridgehead atoms. The molecular weight excluding hydrogens is 376 g/mol. The van der Waals surface area contributed by atoms with Crippen LogP contribution in [0.3, 0.4) is 0 Å². The van der Waals surface area contributed by atoms with Gasteiger partial charge in [0.1, 0.15) is 0 Å². The van der Waals surface area contributed by atoms with E-state index in [0.717, 1.165) is 21.3 Å². The summed E-state index contributed by atoms with van der Waals surface area (Å²) < 4.78 is 25.7. The lowest BCUT2D eigenvalue weighted by Gasteiger charge is -2.20. The average molecular weight is 405 g/mol. The number of nitrogens with one attached hydrogen (secondary N) is 1. The van der Waals surface area contributed by atoms with Gasteiger partial charge in [0.05, 0.1) is 12.0 Å². The van der Waals surface area contributed by atoms with Crippen LogP contribution in [0.4, 0.5) is 5.69 Å². The SMILES string of the molecule is CON(C)S(=O)(=O)c1cccc(C(=O)Nc2c(C(C)C)cccc2C(C)C)c1. The molecule has 0 aliphatic carbocycles. The van der Waals surface area contributed by atoms with Gasteiger partial charge in [0.15, 0.2) is 0 Å². The number of amides is 1. The molecule has 7 heteroatoms. The van der Waals surface area contributed by atoms with Crippen molar-refractivity contribution in [1.29, 1.82) is 0 Å². The van der Waals surface area contributed by atoms with Gasteiger partial charge in [0, 0.05) is 18.3 Å². The van der Waals surface area contributed by atoms with Gasteiger partial charge in [-0.05, 0) is 41.2 Å². The van der Waals surface area contributed by atoms with Crippen molar-refractivity contribution in [1.82, 2.24) is 4.47 Å². The van der Waals surface area contributed by atoms with E-state index in [4.69, 9.17) is 4.84 Å². The first-order valence-electron chi connectivity index (χ1n) is 9.16. The first-order chi connectivity index (χ1) is 13.1. The van der Waals surface area contributed by atoms with Crippen molar-refractivity contribution < 1.29 is 18.0 Å². The number of hydroxylamine groups is 1. The lowest BCUT2D eigenvalue weighted by Crippen LogP contribution is -2.26. The van der Waals surface area contributed by atoms with Crippen molar-refractivity contribution in [3.8, 4) is 0 Å². The van der Waals surface area contributed by atoms with Crippen LogP contribution in [0.15, 0.2) is 47.4 Å². The Labute approximate surface area is 167 Å². The van der Waals surface area contributed by atoms with Gasteiger partial charge in [-0.25, -0.2) is 8.42 Å². The number of para-hydroxylation sites is 1. The molecule has 0 unspecified atom stereocenters. The van der Waals surface area contributed by atoms with E-state index in [1.54, 1.807) is 12.1 Å². The minimum Gasteiger partial charge on any atom is -0.321 e. The minimum atomic E-state index is -3.83. The van der Waals surface area contributed by atoms with Crippen molar-refractivity contribution in [3.63, 3.8) is 0 Å². The second-order valence-corrected chi connectivity index (χ2v) is 9.14. The molecule has 0 aliphatic heterocycles. The van der Waals surface area contributed by atoms with Gasteiger partial charge in [0.2, 0.25) is 0 Å². The van der Waals surface area contributed by atoms with Crippen LogP contribution < -0.4 is 5.32 Å². The molecule has 1 N–H and O–H groups in total. The maximum absolute atomic E-state index is 12.9. The number of hydrogen-bond acceptors (Lipinski definition) is 4. The monoisotopic (exact) mass is 404 g/mol. The molecule has 0 spiro atoms. The third kappa shape index (κ3) is 4.60. The summed E-state index contributed by atoms with van der Waals surface area (Å²) >= 11 is 0. The Kier molecular flexibility index (Phi) is 6.98. The second-order valence-electron chi connectivity index (χ2n) is 7.20. The van der Waals surface area contributed by atoms with Crippen molar-refractivity contribution in [2.75, 3.05) is 19.5 Å². The number of anilines is 1. The van der Waals surface area contributed by atoms with Crippen LogP contribution in [-0.4, -0.2) is 33.0 Å². The molecule has 28 heavy (non-hydrogen) atoms. The minimum absolute atomic E-state index is 0.00859. The topological polar surface area (TPSA) is 75.7 Å². The summed E-state index contributed by atoms with van der Waals surface area (Å²) in [5.41, 5.74) is 3.14. The first kappa shape index (κ1) is 22.1. The highest BCUT2D eigenvalue weighted by Gasteiger charge is 2.23. The van der Waals surface area contributed by atoms with E-state index in [0.29, 0.717) is 0 Å². The number of benzene rings is 2. The quantitative estimate of drug-likeness (QED) is 0.696. The number of carbonyl (C=O) groups excluding carboxylic acids is 1. The molecule has 2 rings (SSSR count). The fraction of sp³-hybridized carbons (Fsp3) is 0.381. The van der Waals surface area contributed by atoms with Crippen molar-refractivity contribution in [2.45, 2.75) is 44.4 Å². The molecule has 0 radical (unpaired) electrons. The largest absolute Gasteiger partial charge is 0.321 e. The zero-order valence-corrected chi connectivity index (χ0v) is 18.0. The number of carbonyl (C=O) groups is 1. The molecule has 0 atom stereocenters. The molecule has 0 saturated carbocycles. The molecule has 0 aliphatic rings. The second kappa shape index (κ2) is 8.86. The number of sulfonamides is 1. The summed E-state index contributed by atoms with van der Waals surface area (Å²) in [6.07, 6.45) is 0. The van der Waals surface area contributed by atoms with Crippen LogP contribution in [0.1, 0.15) is 61.0 Å². The third-order valence-electron chi connectivity index (χ3n) is 4.60. The molecule has 0 saturated heterocycles. The Morgan fingerprint density at radius 2 is 1.54 bits per heavy atom. The highest BCUT2D eigenvalue weighted by Crippen LogP contribution is 2.32. The third-order valence-corrected chi connectivity index (χ3v) is 6.28. The Balaban J connectivity index is 2.44. The number of rotatable bonds is 7. The predicted octanol–water partition coefficient (Wildman–Crippen LogP) is 4.37. The number of nitrogens with zero attached hydrogens (tertiary/aromatic N) is 1. The zero-order valence-electron chi connectivity index (χ0n) is 17.2. The summed E-state index contributed by atoms with van der Waals surface area (Å²) in [6, 6.07) is 11.9. The smallest absolute Gasteiger partial charge is 0.264 e. The van der Waals surface area contributed by atoms with Crippen molar-refractivity contribution in [3.05, 3.63) is 59.2 Å². The molecule has 0 fully saturated rings. The van der Waals surface area contributed by atoms with Gasteiger partial charge < -0.3 is 5.32 Å². The molecule has 2 aromatic rings. The molecule has 152 valence electrons. The van der Waals surface area contributed by atoms with Gasteiger partial charge >= 0.3 is 0 Å². The Bertz CT molecular complexity index is 926. The summed E-state index contributed by atoms with van der Waals surface area (Å²) in [6.45, 7) is 8.29. The Morgan fingerprint density at radius 3 is 2.04 bits per heavy atom. The van der Waals surface area contributed by atoms with E-state index in [1.165, 1.54) is 26.3 Å². The van der Waals surface area contributed by atoms with Crippen LogP contribution >= 0.6 is 0 Å². The summed E-state index contributed by atoms with van der Waals surface area (Å²) in [5.74, 6) is 0.110. The highest BCUT2D eigenvalue weighted by molar-refractivity contribution is 7.89. The van der Waals surface area contributed by atoms with Gasteiger partial charge in [-0.2, -0.15) is 0 Å². The van der Waals surface area contributed by atoms with Crippen LogP contribution in [0.5, 0.6) is 0 Å². The van der Waals surface area contributed by atoms with E-state index in [-0.39, 0.29) is 28.2 Å². The Morgan fingerprint density at radius 1 is 1.00 bits per heavy atom. The van der Waals surface area contributed by atoms with Crippen LogP contribution in [0.2, 0.25) is 0 Å². The van der Waals surface area contributed by atoms with E-state index in [2.05, 4.69) is 33.0 Å². The van der Waals surface area contributed by atoms with Crippen molar-refractivity contribution in [2.24, 2.45) is 0 Å². The summed E-state index contributed by atoms with van der Waals surface area (Å²) in [4.78, 5) is 17.7. The van der Waals surface area contributed by atoms with Gasteiger partial charge in [-0.15, -0.1) is 0 Å². The van der Waals surface area contributed by atoms with Gasteiger partial charge in [-0.1, -0.05) is 56.4 Å². The zero-order chi connectivity index (χ0) is 21.1. The van der Waals surface area contributed by atoms with Crippen LogP contribution in [0, 0.1) is 0 Å². The van der Waals surface area contributed by atoms with E-state index in [1.807, 2.05) is 18.2 Å². The fourth-order valence-electron chi connectivity index (χ4n) is 2.93. The van der Waals surface area contributed by atoms with Crippen LogP contribution in [-0.2, 0) is 14.9 Å². The highest BCUT2D eigenvalue weighted by atomic mass is 32.2. The summed E-state index contributed by atoms with van der Waals surface area (Å²) in [5, 5.41) is 3.00. The normalized spacial score (nSPS) is 12.0. The van der Waals surface area contributed by atoms with Gasteiger partial charge in [-0.3, -0.25) is 9.63 Å². The molecule has 0 aromatic heterocycles. The fourth-order valence-corrected chi connectivity index (χ4v) is 3.94. The Hall–Kier alpha value is -2.22. The molecular formula is C21H28N2O4S. The van der Waals surface area contributed by atoms with Crippen LogP contribution in [0.25, 0.3) is 0 Å². The lowest BCUT2D eigenvalue weighted by molar-refractivity contribution is -0.0258. The number of hydrogen-bond donors (Lipinski definition) is 1. The standard InChI is InChI=1S/C21H28N2O4S/c1-14(2)18-11-8-12-19(15(3)4)20(18)22-21(24)16-9-7-10-17(13-16)28(25,26)23(5)27-6/h7-15H,1-6H3,(H,22,24). The van der Waals surface area contributed by atoms with Gasteiger partial charge in [0.25, 0.3) is 15.9 Å².